The van der Waals surface area contributed by atoms with Gasteiger partial charge in [0.05, 0.1) is 17.9 Å². The minimum absolute atomic E-state index is 0.105. The van der Waals surface area contributed by atoms with Gasteiger partial charge in [-0.05, 0) is 24.6 Å². The highest BCUT2D eigenvalue weighted by Gasteiger charge is 2.19. The smallest absolute Gasteiger partial charge is 0.257 e. The summed E-state index contributed by atoms with van der Waals surface area (Å²) in [5, 5.41) is 0. The van der Waals surface area contributed by atoms with E-state index in [9.17, 15) is 4.79 Å². The summed E-state index contributed by atoms with van der Waals surface area (Å²) in [5.74, 6) is 0.480. The summed E-state index contributed by atoms with van der Waals surface area (Å²) < 4.78 is 5.13. The fraction of sp³-hybridized carbons (Fsp3) is 0.412. The number of carbonyl (C=O) groups is 1. The molecule has 7 nitrogen and oxygen atoms in total. The minimum atomic E-state index is -0.105. The zero-order valence-corrected chi connectivity index (χ0v) is 14.6. The Bertz CT molecular complexity index is 676. The Kier molecular flexibility index (Phi) is 6.20. The second kappa shape index (κ2) is 8.35. The quantitative estimate of drug-likeness (QED) is 0.767. The van der Waals surface area contributed by atoms with Crippen molar-refractivity contribution in [3.8, 4) is 0 Å². The second-order valence-corrected chi connectivity index (χ2v) is 5.64. The van der Waals surface area contributed by atoms with E-state index >= 15 is 0 Å². The molecule has 2 aromatic rings. The third kappa shape index (κ3) is 4.48. The number of anilines is 1. The predicted molar refractivity (Wildman–Crippen MR) is 91.9 cm³/mol. The van der Waals surface area contributed by atoms with Gasteiger partial charge in [-0.25, -0.2) is 9.97 Å². The number of rotatable bonds is 7. The second-order valence-electron chi connectivity index (χ2n) is 5.64. The molecule has 2 aromatic heterocycles. The first-order chi connectivity index (χ1) is 11.5. The van der Waals surface area contributed by atoms with E-state index in [1.165, 1.54) is 0 Å². The number of amides is 1. The van der Waals surface area contributed by atoms with Crippen LogP contribution in [0.2, 0.25) is 0 Å². The van der Waals surface area contributed by atoms with Crippen LogP contribution in [0.5, 0.6) is 0 Å². The summed E-state index contributed by atoms with van der Waals surface area (Å²) in [6.45, 7) is 3.27. The lowest BCUT2D eigenvalue weighted by atomic mass is 10.2. The van der Waals surface area contributed by atoms with Crippen molar-refractivity contribution in [2.45, 2.75) is 13.5 Å². The Morgan fingerprint density at radius 2 is 1.96 bits per heavy atom. The van der Waals surface area contributed by atoms with Gasteiger partial charge in [0.15, 0.2) is 0 Å². The number of carbonyl (C=O) groups excluding carboxylic acids is 1. The number of aryl methyl sites for hydroxylation is 1. The van der Waals surface area contributed by atoms with Crippen molar-refractivity contribution < 1.29 is 9.53 Å². The Labute approximate surface area is 142 Å². The molecule has 0 aliphatic heterocycles. The molecule has 0 fully saturated rings. The summed E-state index contributed by atoms with van der Waals surface area (Å²) in [5.41, 5.74) is 2.18. The van der Waals surface area contributed by atoms with Crippen LogP contribution in [0.25, 0.3) is 0 Å². The van der Waals surface area contributed by atoms with Gasteiger partial charge in [-0.3, -0.25) is 9.78 Å². The molecule has 24 heavy (non-hydrogen) atoms. The zero-order chi connectivity index (χ0) is 17.5. The van der Waals surface area contributed by atoms with Crippen molar-refractivity contribution in [2.75, 3.05) is 39.3 Å². The molecule has 0 spiro atoms. The topological polar surface area (TPSA) is 71.5 Å². The minimum Gasteiger partial charge on any atom is -0.383 e. The summed E-state index contributed by atoms with van der Waals surface area (Å²) >= 11 is 0. The van der Waals surface area contributed by atoms with Crippen molar-refractivity contribution in [1.82, 2.24) is 19.9 Å². The molecule has 0 atom stereocenters. The van der Waals surface area contributed by atoms with Crippen LogP contribution in [0.4, 0.5) is 5.95 Å². The molecule has 0 saturated heterocycles. The van der Waals surface area contributed by atoms with Gasteiger partial charge >= 0.3 is 0 Å². The maximum absolute atomic E-state index is 12.9. The molecule has 128 valence electrons. The Balaban J connectivity index is 2.23. The van der Waals surface area contributed by atoms with E-state index in [-0.39, 0.29) is 5.91 Å². The largest absolute Gasteiger partial charge is 0.383 e. The molecule has 0 N–H and O–H groups in total. The van der Waals surface area contributed by atoms with Gasteiger partial charge in [-0.15, -0.1) is 0 Å². The summed E-state index contributed by atoms with van der Waals surface area (Å²) in [4.78, 5) is 29.1. The lowest BCUT2D eigenvalue weighted by Crippen LogP contribution is -2.34. The van der Waals surface area contributed by atoms with E-state index in [1.807, 2.05) is 33.2 Å². The molecule has 0 bridgehead atoms. The summed E-state index contributed by atoms with van der Waals surface area (Å²) in [6.07, 6.45) is 5.02. The maximum Gasteiger partial charge on any atom is 0.257 e. The number of pyridine rings is 1. The lowest BCUT2D eigenvalue weighted by molar-refractivity contribution is 0.0678. The first-order valence-electron chi connectivity index (χ1n) is 7.71. The van der Waals surface area contributed by atoms with Gasteiger partial charge < -0.3 is 14.5 Å². The molecule has 0 aromatic carbocycles. The van der Waals surface area contributed by atoms with E-state index in [2.05, 4.69) is 15.0 Å². The monoisotopic (exact) mass is 329 g/mol. The van der Waals surface area contributed by atoms with Gasteiger partial charge in [0, 0.05) is 52.9 Å². The normalized spacial score (nSPS) is 10.5. The highest BCUT2D eigenvalue weighted by molar-refractivity contribution is 5.95. The Morgan fingerprint density at radius 1 is 1.25 bits per heavy atom. The van der Waals surface area contributed by atoms with E-state index in [4.69, 9.17) is 4.74 Å². The molecule has 7 heteroatoms. The van der Waals surface area contributed by atoms with Crippen LogP contribution >= 0.6 is 0 Å². The molecule has 1 amide bonds. The predicted octanol–water partition coefficient (Wildman–Crippen LogP) is 1.53. The van der Waals surface area contributed by atoms with Crippen molar-refractivity contribution in [3.63, 3.8) is 0 Å². The third-order valence-electron chi connectivity index (χ3n) is 3.57. The SMILES string of the molecule is COCCN(Cc1ccncc1)C(=O)c1cnc(N(C)C)nc1C. The molecule has 0 unspecified atom stereocenters. The summed E-state index contributed by atoms with van der Waals surface area (Å²) in [7, 11) is 5.35. The Hall–Kier alpha value is -2.54. The van der Waals surface area contributed by atoms with Gasteiger partial charge in [-0.2, -0.15) is 0 Å². The van der Waals surface area contributed by atoms with Crippen molar-refractivity contribution in [1.29, 1.82) is 0 Å². The van der Waals surface area contributed by atoms with Crippen LogP contribution < -0.4 is 4.90 Å². The lowest BCUT2D eigenvalue weighted by Gasteiger charge is -2.23. The first kappa shape index (κ1) is 17.8. The molecule has 0 radical (unpaired) electrons. The average molecular weight is 329 g/mol. The van der Waals surface area contributed by atoms with Crippen molar-refractivity contribution in [3.05, 3.63) is 47.5 Å². The number of aromatic nitrogens is 3. The molecular weight excluding hydrogens is 306 g/mol. The third-order valence-corrected chi connectivity index (χ3v) is 3.57. The molecule has 0 aliphatic rings. The van der Waals surface area contributed by atoms with Gasteiger partial charge in [0.2, 0.25) is 5.95 Å². The molecule has 0 saturated carbocycles. The summed E-state index contributed by atoms with van der Waals surface area (Å²) in [6, 6.07) is 3.79. The van der Waals surface area contributed by atoms with Crippen LogP contribution in [-0.4, -0.2) is 60.1 Å². The van der Waals surface area contributed by atoms with Crippen molar-refractivity contribution in [2.24, 2.45) is 0 Å². The number of hydrogen-bond acceptors (Lipinski definition) is 6. The maximum atomic E-state index is 12.9. The number of ether oxygens (including phenoxy) is 1. The molecule has 2 rings (SSSR count). The van der Waals surface area contributed by atoms with Crippen LogP contribution in [0, 0.1) is 6.92 Å². The molecular formula is C17H23N5O2. The fourth-order valence-corrected chi connectivity index (χ4v) is 2.21. The van der Waals surface area contributed by atoms with Gasteiger partial charge in [0.1, 0.15) is 0 Å². The zero-order valence-electron chi connectivity index (χ0n) is 14.6. The number of nitrogens with zero attached hydrogens (tertiary/aromatic N) is 5. The van der Waals surface area contributed by atoms with Gasteiger partial charge in [-0.1, -0.05) is 0 Å². The van der Waals surface area contributed by atoms with E-state index < -0.39 is 0 Å². The highest BCUT2D eigenvalue weighted by Crippen LogP contribution is 2.14. The van der Waals surface area contributed by atoms with Gasteiger partial charge in [0.25, 0.3) is 5.91 Å². The van der Waals surface area contributed by atoms with Crippen LogP contribution in [-0.2, 0) is 11.3 Å². The van der Waals surface area contributed by atoms with E-state index in [0.29, 0.717) is 36.9 Å². The van der Waals surface area contributed by atoms with Crippen LogP contribution in [0.15, 0.2) is 30.7 Å². The Morgan fingerprint density at radius 3 is 2.54 bits per heavy atom. The first-order valence-corrected chi connectivity index (χ1v) is 7.71. The fourth-order valence-electron chi connectivity index (χ4n) is 2.21. The molecule has 2 heterocycles. The highest BCUT2D eigenvalue weighted by atomic mass is 16.5. The standard InChI is InChI=1S/C17H23N5O2/c1-13-15(11-19-17(20-13)21(2)3)16(23)22(9-10-24-4)12-14-5-7-18-8-6-14/h5-8,11H,9-10,12H2,1-4H3. The van der Waals surface area contributed by atoms with Crippen molar-refractivity contribution >= 4 is 11.9 Å². The van der Waals surface area contributed by atoms with E-state index in [1.54, 1.807) is 35.5 Å². The number of methoxy groups -OCH3 is 1. The average Bonchev–Trinajstić information content (AvgIpc) is 2.58. The molecule has 0 aliphatic carbocycles. The number of hydrogen-bond donors (Lipinski definition) is 0. The van der Waals surface area contributed by atoms with Crippen LogP contribution in [0.1, 0.15) is 21.6 Å². The van der Waals surface area contributed by atoms with Crippen LogP contribution in [0.3, 0.4) is 0 Å². The van der Waals surface area contributed by atoms with E-state index in [0.717, 1.165) is 5.56 Å².